The smallest absolute Gasteiger partial charge is 0.308 e. The molecule has 0 heterocycles. The molecule has 0 aliphatic carbocycles. The summed E-state index contributed by atoms with van der Waals surface area (Å²) in [7, 11) is 3.38. The number of nitrogens with zero attached hydrogens (tertiary/aromatic N) is 2. The van der Waals surface area contributed by atoms with E-state index in [4.69, 9.17) is 4.74 Å². The third kappa shape index (κ3) is 11.5. The Balaban J connectivity index is 2.47. The van der Waals surface area contributed by atoms with E-state index in [0.29, 0.717) is 19.0 Å². The van der Waals surface area contributed by atoms with Gasteiger partial charge in [0.15, 0.2) is 5.96 Å². The van der Waals surface area contributed by atoms with E-state index in [1.54, 1.807) is 25.9 Å². The molecule has 8 heteroatoms. The molecule has 0 saturated heterocycles. The Morgan fingerprint density at radius 2 is 1.75 bits per heavy atom. The molecule has 28 heavy (non-hydrogen) atoms. The van der Waals surface area contributed by atoms with Crippen molar-refractivity contribution >= 4 is 29.6 Å². The van der Waals surface area contributed by atoms with Crippen LogP contribution in [0, 0.1) is 0 Å². The lowest BCUT2D eigenvalue weighted by Gasteiger charge is -2.19. The Morgan fingerprint density at radius 3 is 2.36 bits per heavy atom. The maximum Gasteiger partial charge on any atom is 0.308 e. The second kappa shape index (κ2) is 12.3. The predicted molar refractivity (Wildman–Crippen MR) is 115 cm³/mol. The van der Waals surface area contributed by atoms with Crippen molar-refractivity contribution in [3.05, 3.63) is 30.3 Å². The largest absolute Gasteiger partial charge is 0.460 e. The molecular formula is C20H32N4O3S. The molecule has 0 bridgehead atoms. The van der Waals surface area contributed by atoms with Crippen molar-refractivity contribution in [1.82, 2.24) is 15.5 Å². The lowest BCUT2D eigenvalue weighted by atomic mass is 10.2. The van der Waals surface area contributed by atoms with E-state index in [2.05, 4.69) is 27.8 Å². The fraction of sp³-hybridized carbons (Fsp3) is 0.550. The van der Waals surface area contributed by atoms with E-state index in [9.17, 15) is 9.59 Å². The molecule has 7 nitrogen and oxygen atoms in total. The third-order valence-electron chi connectivity index (χ3n) is 3.32. The molecule has 0 fully saturated rings. The van der Waals surface area contributed by atoms with E-state index in [0.717, 1.165) is 5.75 Å². The van der Waals surface area contributed by atoms with Crippen LogP contribution in [0.1, 0.15) is 27.2 Å². The fourth-order valence-corrected chi connectivity index (χ4v) is 2.78. The summed E-state index contributed by atoms with van der Waals surface area (Å²) in [6, 6.07) is 10.1. The number of carbonyl (C=O) groups excluding carboxylic acids is 2. The topological polar surface area (TPSA) is 83.0 Å². The summed E-state index contributed by atoms with van der Waals surface area (Å²) in [6.45, 7) is 6.61. The SMILES string of the molecule is CN(C)C(=O)CN=C(NCCSc1ccccc1)NCCC(=O)OC(C)(C)C. The molecule has 0 aromatic heterocycles. The summed E-state index contributed by atoms with van der Waals surface area (Å²) in [5, 5.41) is 6.29. The summed E-state index contributed by atoms with van der Waals surface area (Å²) in [5.41, 5.74) is -0.501. The number of carbonyl (C=O) groups is 2. The van der Waals surface area contributed by atoms with Crippen LogP contribution in [0.4, 0.5) is 0 Å². The highest BCUT2D eigenvalue weighted by atomic mass is 32.2. The van der Waals surface area contributed by atoms with Gasteiger partial charge in [0, 0.05) is 37.8 Å². The zero-order chi connectivity index (χ0) is 21.0. The minimum atomic E-state index is -0.501. The van der Waals surface area contributed by atoms with Gasteiger partial charge in [0.1, 0.15) is 12.1 Å². The highest BCUT2D eigenvalue weighted by Gasteiger charge is 2.15. The molecular weight excluding hydrogens is 376 g/mol. The van der Waals surface area contributed by atoms with E-state index < -0.39 is 5.60 Å². The van der Waals surface area contributed by atoms with E-state index in [1.807, 2.05) is 39.0 Å². The molecule has 1 aromatic rings. The monoisotopic (exact) mass is 408 g/mol. The lowest BCUT2D eigenvalue weighted by Crippen LogP contribution is -2.40. The molecule has 1 amide bonds. The average molecular weight is 409 g/mol. The first-order valence-electron chi connectivity index (χ1n) is 9.29. The molecule has 1 rings (SSSR count). The lowest BCUT2D eigenvalue weighted by molar-refractivity contribution is -0.154. The number of esters is 1. The van der Waals surface area contributed by atoms with Crippen LogP contribution in [0.5, 0.6) is 0 Å². The molecule has 0 radical (unpaired) electrons. The summed E-state index contributed by atoms with van der Waals surface area (Å²) in [4.78, 5) is 30.6. The number of thioether (sulfide) groups is 1. The minimum Gasteiger partial charge on any atom is -0.460 e. The molecule has 1 aromatic carbocycles. The van der Waals surface area contributed by atoms with Gasteiger partial charge in [-0.15, -0.1) is 11.8 Å². The van der Waals surface area contributed by atoms with Crippen LogP contribution in [0.15, 0.2) is 40.2 Å². The Hall–Kier alpha value is -2.22. The van der Waals surface area contributed by atoms with Crippen molar-refractivity contribution in [1.29, 1.82) is 0 Å². The van der Waals surface area contributed by atoms with Gasteiger partial charge in [0.25, 0.3) is 0 Å². The van der Waals surface area contributed by atoms with E-state index >= 15 is 0 Å². The van der Waals surface area contributed by atoms with Crippen molar-refractivity contribution in [2.75, 3.05) is 39.5 Å². The first kappa shape index (κ1) is 23.8. The van der Waals surface area contributed by atoms with Crippen LogP contribution in [-0.4, -0.2) is 67.8 Å². The predicted octanol–water partition coefficient (Wildman–Crippen LogP) is 2.13. The number of nitrogens with one attached hydrogen (secondary N) is 2. The molecule has 0 unspecified atom stereocenters. The van der Waals surface area contributed by atoms with Gasteiger partial charge in [-0.25, -0.2) is 4.99 Å². The van der Waals surface area contributed by atoms with Crippen molar-refractivity contribution in [3.8, 4) is 0 Å². The number of ether oxygens (including phenoxy) is 1. The Morgan fingerprint density at radius 1 is 1.11 bits per heavy atom. The highest BCUT2D eigenvalue weighted by Crippen LogP contribution is 2.15. The quantitative estimate of drug-likeness (QED) is 0.214. The standard InChI is InChI=1S/C20H32N4O3S/c1-20(2,3)27-18(26)11-12-21-19(23-15-17(25)24(4)5)22-13-14-28-16-9-7-6-8-10-16/h6-10H,11-15H2,1-5H3,(H2,21,22,23). The highest BCUT2D eigenvalue weighted by molar-refractivity contribution is 7.99. The van der Waals surface area contributed by atoms with Gasteiger partial charge in [0.05, 0.1) is 6.42 Å². The van der Waals surface area contributed by atoms with Crippen LogP contribution in [0.25, 0.3) is 0 Å². The second-order valence-electron chi connectivity index (χ2n) is 7.30. The Bertz CT molecular complexity index is 643. The van der Waals surface area contributed by atoms with Gasteiger partial charge in [-0.1, -0.05) is 18.2 Å². The van der Waals surface area contributed by atoms with Gasteiger partial charge in [-0.3, -0.25) is 9.59 Å². The molecule has 0 saturated carbocycles. The molecule has 0 spiro atoms. The van der Waals surface area contributed by atoms with Gasteiger partial charge < -0.3 is 20.3 Å². The summed E-state index contributed by atoms with van der Waals surface area (Å²) < 4.78 is 5.29. The third-order valence-corrected chi connectivity index (χ3v) is 4.33. The first-order valence-corrected chi connectivity index (χ1v) is 10.3. The second-order valence-corrected chi connectivity index (χ2v) is 8.47. The maximum atomic E-state index is 11.8. The number of rotatable bonds is 9. The average Bonchev–Trinajstić information content (AvgIpc) is 2.61. The van der Waals surface area contributed by atoms with Crippen LogP contribution in [-0.2, 0) is 14.3 Å². The fourth-order valence-electron chi connectivity index (χ4n) is 1.99. The minimum absolute atomic E-state index is 0.0423. The van der Waals surface area contributed by atoms with Crippen LogP contribution in [0.3, 0.4) is 0 Å². The number of benzene rings is 1. The van der Waals surface area contributed by atoms with Crippen LogP contribution >= 0.6 is 11.8 Å². The normalized spacial score (nSPS) is 11.7. The number of hydrogen-bond acceptors (Lipinski definition) is 5. The number of aliphatic imine (C=N–C) groups is 1. The van der Waals surface area contributed by atoms with Crippen molar-refractivity contribution in [2.45, 2.75) is 37.7 Å². The zero-order valence-corrected chi connectivity index (χ0v) is 18.3. The summed E-state index contributed by atoms with van der Waals surface area (Å²) in [5.74, 6) is 0.987. The maximum absolute atomic E-state index is 11.8. The first-order chi connectivity index (χ1) is 13.2. The van der Waals surface area contributed by atoms with Crippen LogP contribution in [0.2, 0.25) is 0 Å². The molecule has 0 aliphatic heterocycles. The van der Waals surface area contributed by atoms with E-state index in [-0.39, 0.29) is 24.8 Å². The van der Waals surface area contributed by atoms with Gasteiger partial charge >= 0.3 is 5.97 Å². The van der Waals surface area contributed by atoms with Crippen molar-refractivity contribution in [2.24, 2.45) is 4.99 Å². The summed E-state index contributed by atoms with van der Waals surface area (Å²) >= 11 is 1.73. The zero-order valence-electron chi connectivity index (χ0n) is 17.4. The number of hydrogen-bond donors (Lipinski definition) is 2. The van der Waals surface area contributed by atoms with Gasteiger partial charge in [-0.05, 0) is 32.9 Å². The number of guanidine groups is 1. The van der Waals surface area contributed by atoms with Crippen molar-refractivity contribution < 1.29 is 14.3 Å². The van der Waals surface area contributed by atoms with Gasteiger partial charge in [0.2, 0.25) is 5.91 Å². The molecule has 2 N–H and O–H groups in total. The Kier molecular flexibility index (Phi) is 10.4. The molecule has 0 aliphatic rings. The Labute approximate surface area is 172 Å². The van der Waals surface area contributed by atoms with Crippen molar-refractivity contribution in [3.63, 3.8) is 0 Å². The number of amides is 1. The summed E-state index contributed by atoms with van der Waals surface area (Å²) in [6.07, 6.45) is 0.221. The molecule has 0 atom stereocenters. The van der Waals surface area contributed by atoms with Crippen LogP contribution < -0.4 is 10.6 Å². The number of likely N-dealkylation sites (N-methyl/N-ethyl adjacent to an activating group) is 1. The molecule has 156 valence electrons. The van der Waals surface area contributed by atoms with Gasteiger partial charge in [-0.2, -0.15) is 0 Å². The van der Waals surface area contributed by atoms with E-state index in [1.165, 1.54) is 9.80 Å².